The largest absolute Gasteiger partial charge is 0.442 e. The van der Waals surface area contributed by atoms with Gasteiger partial charge in [0.1, 0.15) is 5.60 Å². The minimum Gasteiger partial charge on any atom is -0.442 e. The average molecular weight is 278 g/mol. The van der Waals surface area contributed by atoms with Gasteiger partial charge >= 0.3 is 6.09 Å². The molecule has 1 aromatic rings. The van der Waals surface area contributed by atoms with Crippen molar-refractivity contribution in [2.24, 2.45) is 5.73 Å². The zero-order chi connectivity index (χ0) is 13.3. The molecule has 0 aliphatic carbocycles. The van der Waals surface area contributed by atoms with Crippen molar-refractivity contribution in [1.82, 2.24) is 0 Å². The van der Waals surface area contributed by atoms with Crippen molar-refractivity contribution in [3.8, 4) is 0 Å². The Kier molecular flexibility index (Phi) is 3.41. The van der Waals surface area contributed by atoms with Crippen LogP contribution in [-0.4, -0.2) is 29.7 Å². The summed E-state index contributed by atoms with van der Waals surface area (Å²) in [6.45, 7) is 1.21. The van der Waals surface area contributed by atoms with E-state index >= 15 is 0 Å². The summed E-state index contributed by atoms with van der Waals surface area (Å²) in [6, 6.07) is 7.79. The van der Waals surface area contributed by atoms with E-state index in [9.17, 15) is 4.79 Å². The fourth-order valence-corrected chi connectivity index (χ4v) is 4.03. The molecule has 1 aromatic carbocycles. The molecule has 1 amide bonds. The van der Waals surface area contributed by atoms with Gasteiger partial charge in [-0.3, -0.25) is 4.90 Å². The predicted octanol–water partition coefficient (Wildman–Crippen LogP) is 2.37. The Bertz CT molecular complexity index is 486. The number of carbonyl (C=O) groups excluding carboxylic acids is 1. The number of ether oxygens (including phenoxy) is 1. The number of hydrogen-bond acceptors (Lipinski definition) is 4. The van der Waals surface area contributed by atoms with Gasteiger partial charge < -0.3 is 10.5 Å². The van der Waals surface area contributed by atoms with Crippen LogP contribution in [0, 0.1) is 0 Å². The summed E-state index contributed by atoms with van der Waals surface area (Å²) < 4.78 is 5.71. The van der Waals surface area contributed by atoms with Gasteiger partial charge in [-0.05, 0) is 29.9 Å². The van der Waals surface area contributed by atoms with Gasteiger partial charge in [-0.25, -0.2) is 4.79 Å². The molecule has 5 heteroatoms. The second-order valence-corrected chi connectivity index (χ2v) is 6.23. The van der Waals surface area contributed by atoms with Crippen LogP contribution >= 0.6 is 11.8 Å². The third-order valence-electron chi connectivity index (χ3n) is 3.84. The van der Waals surface area contributed by atoms with E-state index in [-0.39, 0.29) is 11.7 Å². The molecule has 2 fully saturated rings. The molecule has 2 saturated heterocycles. The molecule has 0 saturated carbocycles. The number of thioether (sulfide) groups is 1. The molecule has 0 bridgehead atoms. The van der Waals surface area contributed by atoms with Gasteiger partial charge in [0.05, 0.1) is 0 Å². The molecule has 102 valence electrons. The number of hydrogen-bond donors (Lipinski definition) is 1. The lowest BCUT2D eigenvalue weighted by atomic mass is 9.97. The van der Waals surface area contributed by atoms with E-state index < -0.39 is 0 Å². The molecule has 0 aromatic heterocycles. The first-order valence-electron chi connectivity index (χ1n) is 6.60. The van der Waals surface area contributed by atoms with Crippen LogP contribution in [0.1, 0.15) is 18.4 Å². The topological polar surface area (TPSA) is 55.6 Å². The molecule has 1 spiro atoms. The number of rotatable bonds is 2. The van der Waals surface area contributed by atoms with Crippen molar-refractivity contribution >= 4 is 23.5 Å². The van der Waals surface area contributed by atoms with Crippen LogP contribution < -0.4 is 10.6 Å². The normalized spacial score (nSPS) is 26.8. The molecule has 4 nitrogen and oxygen atoms in total. The maximum absolute atomic E-state index is 12.2. The molecule has 2 heterocycles. The number of benzene rings is 1. The zero-order valence-electron chi connectivity index (χ0n) is 10.8. The van der Waals surface area contributed by atoms with E-state index in [1.54, 1.807) is 4.90 Å². The average Bonchev–Trinajstić information content (AvgIpc) is 2.87. The van der Waals surface area contributed by atoms with E-state index in [1.807, 2.05) is 36.0 Å². The Morgan fingerprint density at radius 1 is 1.42 bits per heavy atom. The fraction of sp³-hybridized carbons (Fsp3) is 0.500. The summed E-state index contributed by atoms with van der Waals surface area (Å²) >= 11 is 1.87. The summed E-state index contributed by atoms with van der Waals surface area (Å²) in [7, 11) is 0. The van der Waals surface area contributed by atoms with Gasteiger partial charge in [-0.15, -0.1) is 0 Å². The van der Waals surface area contributed by atoms with E-state index in [1.165, 1.54) is 0 Å². The van der Waals surface area contributed by atoms with E-state index in [0.29, 0.717) is 6.54 Å². The van der Waals surface area contributed by atoms with Crippen molar-refractivity contribution in [1.29, 1.82) is 0 Å². The van der Waals surface area contributed by atoms with Crippen LogP contribution in [0.3, 0.4) is 0 Å². The molecular weight excluding hydrogens is 260 g/mol. The molecule has 2 aliphatic heterocycles. The van der Waals surface area contributed by atoms with Crippen molar-refractivity contribution in [3.63, 3.8) is 0 Å². The van der Waals surface area contributed by atoms with Gasteiger partial charge in [-0.2, -0.15) is 11.8 Å². The Hall–Kier alpha value is -1.20. The van der Waals surface area contributed by atoms with Crippen molar-refractivity contribution < 1.29 is 9.53 Å². The minimum absolute atomic E-state index is 0.205. The van der Waals surface area contributed by atoms with Gasteiger partial charge in [-0.1, -0.05) is 12.1 Å². The van der Waals surface area contributed by atoms with Crippen molar-refractivity contribution in [3.05, 3.63) is 29.8 Å². The second kappa shape index (κ2) is 5.06. The lowest BCUT2D eigenvalue weighted by molar-refractivity contribution is 0.0153. The van der Waals surface area contributed by atoms with Gasteiger partial charge in [0, 0.05) is 31.0 Å². The summed E-state index contributed by atoms with van der Waals surface area (Å²) in [4.78, 5) is 13.9. The lowest BCUT2D eigenvalue weighted by Crippen LogP contribution is -2.49. The van der Waals surface area contributed by atoms with Crippen LogP contribution in [0.4, 0.5) is 10.5 Å². The first kappa shape index (κ1) is 12.8. The van der Waals surface area contributed by atoms with E-state index in [4.69, 9.17) is 10.5 Å². The van der Waals surface area contributed by atoms with Crippen molar-refractivity contribution in [2.45, 2.75) is 25.0 Å². The molecular formula is C14H18N2O2S. The smallest absolute Gasteiger partial charge is 0.414 e. The van der Waals surface area contributed by atoms with E-state index in [2.05, 4.69) is 0 Å². The van der Waals surface area contributed by atoms with Crippen LogP contribution in [0.5, 0.6) is 0 Å². The highest BCUT2D eigenvalue weighted by molar-refractivity contribution is 7.99. The fourth-order valence-electron chi connectivity index (χ4n) is 2.65. The van der Waals surface area contributed by atoms with Crippen LogP contribution in [0.2, 0.25) is 0 Å². The highest BCUT2D eigenvalue weighted by Crippen LogP contribution is 2.38. The highest BCUT2D eigenvalue weighted by atomic mass is 32.2. The summed E-state index contributed by atoms with van der Waals surface area (Å²) in [5.74, 6) is 2.03. The highest BCUT2D eigenvalue weighted by Gasteiger charge is 2.43. The molecule has 1 unspecified atom stereocenters. The maximum atomic E-state index is 12.2. The lowest BCUT2D eigenvalue weighted by Gasteiger charge is -2.38. The summed E-state index contributed by atoms with van der Waals surface area (Å²) in [6.07, 6.45) is 1.68. The van der Waals surface area contributed by atoms with Gasteiger partial charge in [0.2, 0.25) is 0 Å². The number of nitrogens with two attached hydrogens (primary N) is 1. The van der Waals surface area contributed by atoms with Crippen LogP contribution in [0.25, 0.3) is 0 Å². The number of carbonyl (C=O) groups is 1. The Labute approximate surface area is 117 Å². The molecule has 2 N–H and O–H groups in total. The molecule has 3 rings (SSSR count). The molecule has 1 atom stereocenters. The minimum atomic E-state index is -0.220. The second-order valence-electron chi connectivity index (χ2n) is 5.13. The summed E-state index contributed by atoms with van der Waals surface area (Å²) in [5.41, 5.74) is 7.35. The van der Waals surface area contributed by atoms with Gasteiger partial charge in [0.25, 0.3) is 0 Å². The van der Waals surface area contributed by atoms with E-state index in [0.717, 1.165) is 42.1 Å². The molecule has 19 heavy (non-hydrogen) atoms. The third kappa shape index (κ3) is 2.44. The van der Waals surface area contributed by atoms with Crippen LogP contribution in [-0.2, 0) is 11.3 Å². The number of nitrogens with zero attached hydrogens (tertiary/aromatic N) is 1. The standard InChI is InChI=1S/C14H18N2O2S/c15-9-11-2-1-3-12(8-11)16-6-4-14(18-13(16)17)5-7-19-10-14/h1-3,8H,4-7,9-10,15H2. The van der Waals surface area contributed by atoms with Gasteiger partial charge in [0.15, 0.2) is 0 Å². The first-order chi connectivity index (χ1) is 9.22. The maximum Gasteiger partial charge on any atom is 0.414 e. The first-order valence-corrected chi connectivity index (χ1v) is 7.75. The Balaban J connectivity index is 1.78. The summed E-state index contributed by atoms with van der Waals surface area (Å²) in [5, 5.41) is 0. The number of anilines is 1. The predicted molar refractivity (Wildman–Crippen MR) is 77.5 cm³/mol. The monoisotopic (exact) mass is 278 g/mol. The third-order valence-corrected chi connectivity index (χ3v) is 5.06. The Morgan fingerprint density at radius 3 is 3.00 bits per heavy atom. The number of amides is 1. The molecule has 2 aliphatic rings. The van der Waals surface area contributed by atoms with Crippen molar-refractivity contribution in [2.75, 3.05) is 23.0 Å². The Morgan fingerprint density at radius 2 is 2.32 bits per heavy atom. The zero-order valence-corrected chi connectivity index (χ0v) is 11.6. The SMILES string of the molecule is NCc1cccc(N2CCC3(CCSC3)OC2=O)c1. The quantitative estimate of drug-likeness (QED) is 0.902. The van der Waals surface area contributed by atoms with Crippen LogP contribution in [0.15, 0.2) is 24.3 Å². The molecule has 0 radical (unpaired) electrons.